The molecule has 0 saturated heterocycles. The maximum atomic E-state index is 13.2. The first-order chi connectivity index (χ1) is 22.8. The minimum atomic E-state index is -3.87. The average Bonchev–Trinajstić information content (AvgIpc) is 3.76. The van der Waals surface area contributed by atoms with Gasteiger partial charge in [-0.15, -0.1) is 5.10 Å². The van der Waals surface area contributed by atoms with Crippen molar-refractivity contribution in [2.75, 3.05) is 18.6 Å². The number of pyridine rings is 1. The molecule has 4 heterocycles. The van der Waals surface area contributed by atoms with Crippen molar-refractivity contribution in [3.05, 3.63) is 108 Å². The van der Waals surface area contributed by atoms with E-state index in [-0.39, 0.29) is 36.4 Å². The molecule has 8 rings (SSSR count). The average molecular weight is 688 g/mol. The molecule has 0 spiro atoms. The largest absolute Gasteiger partial charge is 1.00 e. The predicted octanol–water partition coefficient (Wildman–Crippen LogP) is 2.19. The summed E-state index contributed by atoms with van der Waals surface area (Å²) in [5, 5.41) is 10.4. The Morgan fingerprint density at radius 3 is 2.54 bits per heavy atom. The summed E-state index contributed by atoms with van der Waals surface area (Å²) in [7, 11) is -2.26. The fourth-order valence-electron chi connectivity index (χ4n) is 5.85. The third-order valence-electron chi connectivity index (χ3n) is 8.21. The van der Waals surface area contributed by atoms with Crippen LogP contribution in [0.4, 0.5) is 10.1 Å². The zero-order valence-electron chi connectivity index (χ0n) is 25.4. The summed E-state index contributed by atoms with van der Waals surface area (Å²) in [6, 6.07) is 21.4. The smallest absolute Gasteiger partial charge is 0.261 e. The van der Waals surface area contributed by atoms with Crippen LogP contribution in [0.15, 0.2) is 96.2 Å². The second-order valence-corrected chi connectivity index (χ2v) is 12.8. The molecule has 0 bridgehead atoms. The maximum Gasteiger partial charge on any atom is 0.261 e. The molecule has 0 unspecified atom stereocenters. The van der Waals surface area contributed by atoms with E-state index in [0.717, 1.165) is 46.5 Å². The monoisotopic (exact) mass is 687 g/mol. The van der Waals surface area contributed by atoms with Gasteiger partial charge in [0.15, 0.2) is 35.7 Å². The molecule has 0 fully saturated rings. The predicted molar refractivity (Wildman–Crippen MR) is 169 cm³/mol. The maximum absolute atomic E-state index is 13.2. The SMILES string of the molecule is COc1ccc2cc3[n+](cc2c1OCc1cn(-c2ccc(S(=O)(=O)Nc4ccc(F)cc4)cc2)nn1)CCc1cc2c(cc1-3)OCO2.[Cl-]. The number of fused-ring (bicyclic) bond motifs is 5. The van der Waals surface area contributed by atoms with Crippen molar-refractivity contribution in [2.24, 2.45) is 0 Å². The Hall–Kier alpha value is -5.40. The van der Waals surface area contributed by atoms with Gasteiger partial charge in [0.1, 0.15) is 18.1 Å². The third kappa shape index (κ3) is 5.71. The van der Waals surface area contributed by atoms with Crippen LogP contribution in [0, 0.1) is 5.82 Å². The van der Waals surface area contributed by atoms with E-state index in [1.54, 1.807) is 25.4 Å². The number of benzene rings is 4. The molecule has 0 amide bonds. The summed E-state index contributed by atoms with van der Waals surface area (Å²) in [6.07, 6.45) is 4.67. The summed E-state index contributed by atoms with van der Waals surface area (Å²) in [6.45, 7) is 1.15. The van der Waals surface area contributed by atoms with Crippen LogP contribution >= 0.6 is 0 Å². The number of aromatic nitrogens is 4. The lowest BCUT2D eigenvalue weighted by Gasteiger charge is -2.17. The van der Waals surface area contributed by atoms with Gasteiger partial charge in [0, 0.05) is 18.2 Å². The Labute approximate surface area is 280 Å². The number of halogens is 2. The Morgan fingerprint density at radius 2 is 1.77 bits per heavy atom. The van der Waals surface area contributed by atoms with Gasteiger partial charge in [-0.1, -0.05) is 5.21 Å². The Kier molecular flexibility index (Phi) is 8.01. The Morgan fingerprint density at radius 1 is 1.00 bits per heavy atom. The van der Waals surface area contributed by atoms with Gasteiger partial charge in [-0.25, -0.2) is 17.5 Å². The second kappa shape index (κ2) is 12.3. The van der Waals surface area contributed by atoms with Crippen LogP contribution < -0.4 is 40.6 Å². The molecule has 244 valence electrons. The molecule has 0 radical (unpaired) electrons. The third-order valence-corrected chi connectivity index (χ3v) is 9.61. The first-order valence-corrected chi connectivity index (χ1v) is 16.2. The molecule has 1 N–H and O–H groups in total. The number of anilines is 1. The number of nitrogens with zero attached hydrogens (tertiary/aromatic N) is 4. The summed E-state index contributed by atoms with van der Waals surface area (Å²) in [5.74, 6) is 2.27. The normalized spacial score (nSPS) is 13.0. The van der Waals surface area contributed by atoms with Gasteiger partial charge in [-0.3, -0.25) is 4.72 Å². The van der Waals surface area contributed by atoms with Crippen molar-refractivity contribution in [3.8, 4) is 39.9 Å². The zero-order valence-corrected chi connectivity index (χ0v) is 27.0. The first kappa shape index (κ1) is 31.2. The van der Waals surface area contributed by atoms with E-state index in [4.69, 9.17) is 18.9 Å². The van der Waals surface area contributed by atoms with Gasteiger partial charge in [-0.05, 0) is 83.7 Å². The number of hydrogen-bond donors (Lipinski definition) is 1. The van der Waals surface area contributed by atoms with E-state index in [9.17, 15) is 12.8 Å². The van der Waals surface area contributed by atoms with Gasteiger partial charge in [-0.2, -0.15) is 4.57 Å². The standard InChI is InChI=1S/C34H27FN5O6S.ClH/c1-43-31-11-2-21-14-30-28-16-33-32(45-20-46-33)15-22(28)12-13-39(30)18-29(21)34(31)44-19-25-17-40(38-36-25)26-7-9-27(10-8-26)47(41,42)37-24-5-3-23(35)4-6-24;/h2-11,14-18,37H,12-13,19-20H2,1H3;1H/q+1;/p-1. The second-order valence-electron chi connectivity index (χ2n) is 11.1. The summed E-state index contributed by atoms with van der Waals surface area (Å²) < 4.78 is 68.2. The number of rotatable bonds is 8. The van der Waals surface area contributed by atoms with Crippen molar-refractivity contribution in [3.63, 3.8) is 0 Å². The molecular weight excluding hydrogens is 661 g/mol. The lowest BCUT2D eigenvalue weighted by atomic mass is 9.95. The lowest BCUT2D eigenvalue weighted by molar-refractivity contribution is -0.686. The van der Waals surface area contributed by atoms with Crippen molar-refractivity contribution in [2.45, 2.75) is 24.5 Å². The van der Waals surface area contributed by atoms with Crippen molar-refractivity contribution >= 4 is 26.5 Å². The molecule has 2 aromatic heterocycles. The number of aryl methyl sites for hydroxylation is 2. The van der Waals surface area contributed by atoms with E-state index in [2.05, 4.69) is 44.0 Å². The number of ether oxygens (including phenoxy) is 4. The van der Waals surface area contributed by atoms with Crippen LogP contribution in [0.3, 0.4) is 0 Å². The van der Waals surface area contributed by atoms with Crippen molar-refractivity contribution < 1.29 is 48.7 Å². The fraction of sp³-hybridized carbons (Fsp3) is 0.147. The first-order valence-electron chi connectivity index (χ1n) is 14.7. The van der Waals surface area contributed by atoms with Crippen molar-refractivity contribution in [1.82, 2.24) is 15.0 Å². The van der Waals surface area contributed by atoms with Gasteiger partial charge < -0.3 is 31.4 Å². The highest BCUT2D eigenvalue weighted by molar-refractivity contribution is 7.92. The van der Waals surface area contributed by atoms with Crippen molar-refractivity contribution in [1.29, 1.82) is 0 Å². The zero-order chi connectivity index (χ0) is 32.1. The van der Waals surface area contributed by atoms with E-state index < -0.39 is 15.8 Å². The molecule has 2 aliphatic rings. The highest BCUT2D eigenvalue weighted by Gasteiger charge is 2.29. The van der Waals surface area contributed by atoms with Gasteiger partial charge in [0.05, 0.1) is 34.8 Å². The Bertz CT molecular complexity index is 2280. The van der Waals surface area contributed by atoms with Gasteiger partial charge in [0.2, 0.25) is 12.5 Å². The summed E-state index contributed by atoms with van der Waals surface area (Å²) in [5.41, 5.74) is 4.86. The molecule has 2 aliphatic heterocycles. The fourth-order valence-corrected chi connectivity index (χ4v) is 6.91. The highest BCUT2D eigenvalue weighted by atomic mass is 35.5. The van der Waals surface area contributed by atoms with E-state index >= 15 is 0 Å². The molecule has 11 nitrogen and oxygen atoms in total. The van der Waals surface area contributed by atoms with Crippen LogP contribution in [0.25, 0.3) is 27.7 Å². The number of methoxy groups -OCH3 is 1. The topological polar surface area (TPSA) is 118 Å². The molecular formula is C34H27ClFN5O6S. The molecule has 0 atom stereocenters. The van der Waals surface area contributed by atoms with Crippen LogP contribution in [0.1, 0.15) is 11.3 Å². The quantitative estimate of drug-likeness (QED) is 0.242. The molecule has 6 aromatic rings. The van der Waals surface area contributed by atoms with Gasteiger partial charge in [0.25, 0.3) is 10.0 Å². The van der Waals surface area contributed by atoms with E-state index in [1.807, 2.05) is 12.1 Å². The summed E-state index contributed by atoms with van der Waals surface area (Å²) >= 11 is 0. The highest BCUT2D eigenvalue weighted by Crippen LogP contribution is 2.42. The molecule has 48 heavy (non-hydrogen) atoms. The molecule has 0 aliphatic carbocycles. The van der Waals surface area contributed by atoms with Crippen LogP contribution in [-0.4, -0.2) is 37.3 Å². The van der Waals surface area contributed by atoms with E-state index in [0.29, 0.717) is 22.9 Å². The van der Waals surface area contributed by atoms with Crippen LogP contribution in [-0.2, 0) is 29.6 Å². The molecule has 14 heteroatoms. The lowest BCUT2D eigenvalue weighted by Crippen LogP contribution is -3.00. The number of nitrogens with one attached hydrogen (secondary N) is 1. The van der Waals surface area contributed by atoms with E-state index in [1.165, 1.54) is 46.6 Å². The number of hydrogen-bond acceptors (Lipinski definition) is 8. The molecule has 0 saturated carbocycles. The van der Waals surface area contributed by atoms with Gasteiger partial charge >= 0.3 is 0 Å². The minimum Gasteiger partial charge on any atom is -1.00 e. The Balaban J connectivity index is 0.00000364. The van der Waals surface area contributed by atoms with Crippen LogP contribution in [0.5, 0.6) is 23.0 Å². The number of sulfonamides is 1. The van der Waals surface area contributed by atoms with Crippen LogP contribution in [0.2, 0.25) is 0 Å². The molecule has 4 aromatic carbocycles. The summed E-state index contributed by atoms with van der Waals surface area (Å²) in [4.78, 5) is 0.0482. The minimum absolute atomic E-state index is 0.